The van der Waals surface area contributed by atoms with E-state index in [1.165, 1.54) is 18.5 Å². The zero-order valence-electron chi connectivity index (χ0n) is 9.72. The molecule has 0 saturated carbocycles. The molecule has 0 aliphatic carbocycles. The van der Waals surface area contributed by atoms with Crippen LogP contribution in [0.4, 0.5) is 0 Å². The van der Waals surface area contributed by atoms with Crippen LogP contribution in [0, 0.1) is 0 Å². The Hall–Kier alpha value is -2.89. The monoisotopic (exact) mass is 255 g/mol. The highest BCUT2D eigenvalue weighted by molar-refractivity contribution is 5.90. The Morgan fingerprint density at radius 3 is 3.00 bits per heavy atom. The van der Waals surface area contributed by atoms with Gasteiger partial charge in [0.1, 0.15) is 11.2 Å². The van der Waals surface area contributed by atoms with Crippen molar-refractivity contribution in [2.24, 2.45) is 0 Å². The largest absolute Gasteiger partial charge is 0.478 e. The maximum atomic E-state index is 11.1. The van der Waals surface area contributed by atoms with Gasteiger partial charge in [0.25, 0.3) is 0 Å². The van der Waals surface area contributed by atoms with E-state index in [-0.39, 0.29) is 11.3 Å². The zero-order chi connectivity index (χ0) is 13.2. The number of pyridine rings is 2. The molecule has 94 valence electrons. The van der Waals surface area contributed by atoms with Crippen LogP contribution in [0.15, 0.2) is 49.1 Å². The van der Waals surface area contributed by atoms with E-state index < -0.39 is 5.97 Å². The first kappa shape index (κ1) is 11.2. The van der Waals surface area contributed by atoms with Gasteiger partial charge < -0.3 is 9.84 Å². The van der Waals surface area contributed by atoms with E-state index in [1.807, 2.05) is 6.07 Å². The van der Waals surface area contributed by atoms with Gasteiger partial charge in [-0.05, 0) is 18.2 Å². The minimum Gasteiger partial charge on any atom is -0.478 e. The maximum Gasteiger partial charge on any atom is 0.339 e. The standard InChI is InChI=1S/C13H9N3O3/c17-13(18)9-4-5-14-8-10(9)19-12-3-1-2-11-15-6-7-16(11)12/h1-8H,(H,17,18). The molecule has 3 aromatic rings. The molecule has 0 unspecified atom stereocenters. The van der Waals surface area contributed by atoms with Crippen LogP contribution in [0.25, 0.3) is 5.65 Å². The minimum atomic E-state index is -1.06. The lowest BCUT2D eigenvalue weighted by Crippen LogP contribution is -2.02. The average Bonchev–Trinajstić information content (AvgIpc) is 2.88. The normalized spacial score (nSPS) is 10.5. The number of carboxylic acids is 1. The van der Waals surface area contributed by atoms with Gasteiger partial charge >= 0.3 is 5.97 Å². The Balaban J connectivity index is 2.06. The van der Waals surface area contributed by atoms with Crippen LogP contribution in [-0.2, 0) is 0 Å². The fourth-order valence-electron chi connectivity index (χ4n) is 1.76. The van der Waals surface area contributed by atoms with Crippen LogP contribution in [-0.4, -0.2) is 25.4 Å². The Morgan fingerprint density at radius 2 is 2.16 bits per heavy atom. The topological polar surface area (TPSA) is 76.7 Å². The summed E-state index contributed by atoms with van der Waals surface area (Å²) in [5, 5.41) is 9.09. The van der Waals surface area contributed by atoms with Crippen molar-refractivity contribution >= 4 is 11.6 Å². The third kappa shape index (κ3) is 1.99. The molecule has 0 atom stereocenters. The molecule has 0 bridgehead atoms. The highest BCUT2D eigenvalue weighted by atomic mass is 16.5. The third-order valence-corrected chi connectivity index (χ3v) is 2.62. The van der Waals surface area contributed by atoms with Crippen LogP contribution in [0.2, 0.25) is 0 Å². The molecule has 0 aromatic carbocycles. The molecule has 3 rings (SSSR count). The number of hydrogen-bond donors (Lipinski definition) is 1. The predicted molar refractivity (Wildman–Crippen MR) is 66.5 cm³/mol. The molecule has 3 heterocycles. The minimum absolute atomic E-state index is 0.0621. The molecule has 0 aliphatic heterocycles. The fraction of sp³-hybridized carbons (Fsp3) is 0. The van der Waals surface area contributed by atoms with Crippen molar-refractivity contribution in [3.8, 4) is 11.6 Å². The summed E-state index contributed by atoms with van der Waals surface area (Å²) < 4.78 is 7.34. The van der Waals surface area contributed by atoms with Crippen LogP contribution in [0.3, 0.4) is 0 Å². The summed E-state index contributed by atoms with van der Waals surface area (Å²) in [7, 11) is 0. The van der Waals surface area contributed by atoms with Gasteiger partial charge in [-0.3, -0.25) is 9.38 Å². The highest BCUT2D eigenvalue weighted by Gasteiger charge is 2.12. The summed E-state index contributed by atoms with van der Waals surface area (Å²) >= 11 is 0. The summed E-state index contributed by atoms with van der Waals surface area (Å²) in [6, 6.07) is 6.74. The third-order valence-electron chi connectivity index (χ3n) is 2.62. The van der Waals surface area contributed by atoms with Crippen molar-refractivity contribution in [3.63, 3.8) is 0 Å². The number of aromatic carboxylic acids is 1. The number of rotatable bonds is 3. The SMILES string of the molecule is O=C(O)c1ccncc1Oc1cccc2nccn12. The highest BCUT2D eigenvalue weighted by Crippen LogP contribution is 2.24. The van der Waals surface area contributed by atoms with Gasteiger partial charge in [0.05, 0.1) is 6.20 Å². The van der Waals surface area contributed by atoms with Gasteiger partial charge in [-0.1, -0.05) is 6.07 Å². The molecule has 0 radical (unpaired) electrons. The molecule has 6 heteroatoms. The van der Waals surface area contributed by atoms with Crippen LogP contribution in [0.5, 0.6) is 11.6 Å². The number of ether oxygens (including phenoxy) is 1. The van der Waals surface area contributed by atoms with Gasteiger partial charge in [-0.2, -0.15) is 0 Å². The van der Waals surface area contributed by atoms with Crippen LogP contribution in [0.1, 0.15) is 10.4 Å². The molecule has 6 nitrogen and oxygen atoms in total. The summed E-state index contributed by atoms with van der Waals surface area (Å²) in [6.07, 6.45) is 6.17. The Kier molecular flexibility index (Phi) is 2.60. The smallest absolute Gasteiger partial charge is 0.339 e. The zero-order valence-corrected chi connectivity index (χ0v) is 9.72. The fourth-order valence-corrected chi connectivity index (χ4v) is 1.76. The first-order chi connectivity index (χ1) is 9.25. The predicted octanol–water partition coefficient (Wildman–Crippen LogP) is 2.22. The van der Waals surface area contributed by atoms with Gasteiger partial charge in [0, 0.05) is 18.6 Å². The molecule has 0 amide bonds. The molecule has 0 spiro atoms. The summed E-state index contributed by atoms with van der Waals surface area (Å²) in [5.74, 6) is -0.392. The number of carbonyl (C=O) groups is 1. The summed E-state index contributed by atoms with van der Waals surface area (Å²) in [4.78, 5) is 19.1. The van der Waals surface area contributed by atoms with Gasteiger partial charge in [0.15, 0.2) is 5.75 Å². The molecule has 1 N–H and O–H groups in total. The van der Waals surface area contributed by atoms with Crippen LogP contribution >= 0.6 is 0 Å². The van der Waals surface area contributed by atoms with Gasteiger partial charge in [-0.25, -0.2) is 9.78 Å². The lowest BCUT2D eigenvalue weighted by Gasteiger charge is -2.09. The number of imidazole rings is 1. The van der Waals surface area contributed by atoms with Crippen molar-refractivity contribution in [2.75, 3.05) is 0 Å². The van der Waals surface area contributed by atoms with Crippen molar-refractivity contribution in [1.29, 1.82) is 0 Å². The number of nitrogens with zero attached hydrogens (tertiary/aromatic N) is 3. The number of fused-ring (bicyclic) bond motifs is 1. The number of aromatic nitrogens is 3. The second-order valence-electron chi connectivity index (χ2n) is 3.80. The quantitative estimate of drug-likeness (QED) is 0.776. The first-order valence-corrected chi connectivity index (χ1v) is 5.53. The lowest BCUT2D eigenvalue weighted by atomic mass is 10.2. The van der Waals surface area contributed by atoms with E-state index in [0.717, 1.165) is 5.65 Å². The van der Waals surface area contributed by atoms with E-state index in [1.54, 1.807) is 28.9 Å². The molecular formula is C13H9N3O3. The molecule has 0 fully saturated rings. The molecule has 3 aromatic heterocycles. The van der Waals surface area contributed by atoms with Gasteiger partial charge in [0.2, 0.25) is 5.88 Å². The van der Waals surface area contributed by atoms with Gasteiger partial charge in [-0.15, -0.1) is 0 Å². The van der Waals surface area contributed by atoms with Crippen molar-refractivity contribution < 1.29 is 14.6 Å². The van der Waals surface area contributed by atoms with E-state index in [4.69, 9.17) is 9.84 Å². The Bertz CT molecular complexity index is 751. The van der Waals surface area contributed by atoms with Crippen molar-refractivity contribution in [3.05, 3.63) is 54.6 Å². The summed E-state index contributed by atoms with van der Waals surface area (Å²) in [6.45, 7) is 0. The van der Waals surface area contributed by atoms with Crippen molar-refractivity contribution in [1.82, 2.24) is 14.4 Å². The number of carboxylic acid groups (broad SMARTS) is 1. The number of hydrogen-bond acceptors (Lipinski definition) is 4. The van der Waals surface area contributed by atoms with Crippen LogP contribution < -0.4 is 4.74 Å². The summed E-state index contributed by atoms with van der Waals surface area (Å²) in [5.41, 5.74) is 0.783. The van der Waals surface area contributed by atoms with E-state index in [0.29, 0.717) is 5.88 Å². The first-order valence-electron chi connectivity index (χ1n) is 5.53. The molecule has 0 saturated heterocycles. The Labute approximate surface area is 107 Å². The average molecular weight is 255 g/mol. The second kappa shape index (κ2) is 4.41. The van der Waals surface area contributed by atoms with E-state index in [2.05, 4.69) is 9.97 Å². The lowest BCUT2D eigenvalue weighted by molar-refractivity contribution is 0.0694. The van der Waals surface area contributed by atoms with E-state index >= 15 is 0 Å². The van der Waals surface area contributed by atoms with E-state index in [9.17, 15) is 4.79 Å². The molecular weight excluding hydrogens is 246 g/mol. The maximum absolute atomic E-state index is 11.1. The molecule has 19 heavy (non-hydrogen) atoms. The van der Waals surface area contributed by atoms with Crippen molar-refractivity contribution in [2.45, 2.75) is 0 Å². The second-order valence-corrected chi connectivity index (χ2v) is 3.80. The Morgan fingerprint density at radius 1 is 1.26 bits per heavy atom. The molecule has 0 aliphatic rings.